The lowest BCUT2D eigenvalue weighted by atomic mass is 10.1. The zero-order valence-electron chi connectivity index (χ0n) is 20.3. The van der Waals surface area contributed by atoms with Gasteiger partial charge in [0.05, 0.1) is 31.4 Å². The maximum atomic E-state index is 14.6. The fourth-order valence-electron chi connectivity index (χ4n) is 3.62. The summed E-state index contributed by atoms with van der Waals surface area (Å²) in [4.78, 5) is 41.1. The van der Waals surface area contributed by atoms with Gasteiger partial charge >= 0.3 is 0 Å². The number of benzene rings is 1. The molecule has 0 aliphatic rings. The number of amides is 2. The molecular weight excluding hydrogens is 557 g/mol. The lowest BCUT2D eigenvalue weighted by Crippen LogP contribution is -2.25. The highest BCUT2D eigenvalue weighted by atomic mass is 79.9. The normalized spacial score (nSPS) is 11.6. The van der Waals surface area contributed by atoms with Crippen LogP contribution in [0.25, 0.3) is 0 Å². The van der Waals surface area contributed by atoms with Crippen molar-refractivity contribution in [3.63, 3.8) is 0 Å². The molecule has 38 heavy (non-hydrogen) atoms. The molecule has 0 radical (unpaired) electrons. The largest absolute Gasteiger partial charge is 0.345 e. The van der Waals surface area contributed by atoms with Crippen molar-refractivity contribution in [2.75, 3.05) is 5.32 Å². The summed E-state index contributed by atoms with van der Waals surface area (Å²) in [5.74, 6) is -0.667. The number of hydrogen-bond acceptors (Lipinski definition) is 6. The number of aromatic nitrogens is 5. The minimum atomic E-state index is -1.34. The molecule has 2 N–H and O–H groups in total. The number of aryl methyl sites for hydroxylation is 1. The van der Waals surface area contributed by atoms with E-state index in [1.807, 2.05) is 30.3 Å². The van der Waals surface area contributed by atoms with Crippen molar-refractivity contribution in [1.29, 1.82) is 0 Å². The van der Waals surface area contributed by atoms with Gasteiger partial charge in [0, 0.05) is 35.2 Å². The number of nitrogens with zero attached hydrogens (tertiary/aromatic N) is 5. The number of carbonyl (C=O) groups is 2. The topological polar surface area (TPSA) is 124 Å². The molecule has 3 heterocycles. The molecule has 0 fully saturated rings. The number of pyridine rings is 2. The molecule has 0 bridgehead atoms. The molecule has 10 nitrogen and oxygen atoms in total. The lowest BCUT2D eigenvalue weighted by molar-refractivity contribution is -0.115. The highest BCUT2D eigenvalue weighted by molar-refractivity contribution is 9.10. The first-order valence-corrected chi connectivity index (χ1v) is 12.6. The standard InChI is InChI=1S/C26H25BrFN7O3/c27-19-6-9-29-22(13-19)15-30-26(38)23-17-35(33-32-23)11-7-20(28)16-34-10-8-21(14-25(34)37)31-24(36)12-18-4-2-1-3-5-18/h1-6,8-10,13-14,17,20H,7,11-12,15-16H2,(H,30,38)(H,31,36). The number of carbonyl (C=O) groups excluding carboxylic acids is 2. The molecule has 1 aromatic carbocycles. The maximum absolute atomic E-state index is 14.6. The summed E-state index contributed by atoms with van der Waals surface area (Å²) < 4.78 is 18.1. The summed E-state index contributed by atoms with van der Waals surface area (Å²) in [6.45, 7) is 0.248. The SMILES string of the molecule is O=C(Cc1ccccc1)Nc1ccn(CC(F)CCn2cc(C(=O)NCc3cc(Br)ccn3)nn2)c(=O)c1. The second kappa shape index (κ2) is 12.9. The second-order valence-electron chi connectivity index (χ2n) is 8.52. The first-order chi connectivity index (χ1) is 18.4. The summed E-state index contributed by atoms with van der Waals surface area (Å²) in [7, 11) is 0. The first-order valence-electron chi connectivity index (χ1n) is 11.8. The van der Waals surface area contributed by atoms with Crippen LogP contribution in [0, 0.1) is 0 Å². The average Bonchev–Trinajstić information content (AvgIpc) is 3.38. The monoisotopic (exact) mass is 581 g/mol. The summed E-state index contributed by atoms with van der Waals surface area (Å²) in [5.41, 5.74) is 1.57. The lowest BCUT2D eigenvalue weighted by Gasteiger charge is -2.12. The van der Waals surface area contributed by atoms with E-state index in [0.717, 1.165) is 10.0 Å². The molecule has 0 aliphatic carbocycles. The van der Waals surface area contributed by atoms with Crippen molar-refractivity contribution < 1.29 is 14.0 Å². The van der Waals surface area contributed by atoms with E-state index in [9.17, 15) is 18.8 Å². The Morgan fingerprint density at radius 1 is 1.11 bits per heavy atom. The fraction of sp³-hybridized carbons (Fsp3) is 0.231. The molecule has 12 heteroatoms. The van der Waals surface area contributed by atoms with E-state index in [2.05, 4.69) is 41.9 Å². The quantitative estimate of drug-likeness (QED) is 0.280. The molecule has 3 aromatic heterocycles. The molecule has 0 saturated heterocycles. The van der Waals surface area contributed by atoms with Crippen molar-refractivity contribution in [2.45, 2.75) is 38.6 Å². The van der Waals surface area contributed by atoms with Crippen molar-refractivity contribution in [2.24, 2.45) is 0 Å². The third-order valence-corrected chi connectivity index (χ3v) is 6.03. The summed E-state index contributed by atoms with van der Waals surface area (Å²) in [6, 6.07) is 15.7. The van der Waals surface area contributed by atoms with Gasteiger partial charge in [-0.25, -0.2) is 4.39 Å². The van der Waals surface area contributed by atoms with Gasteiger partial charge in [0.1, 0.15) is 6.17 Å². The number of anilines is 1. The molecule has 0 saturated carbocycles. The predicted molar refractivity (Wildman–Crippen MR) is 142 cm³/mol. The molecular formula is C26H25BrFN7O3. The van der Waals surface area contributed by atoms with E-state index < -0.39 is 17.6 Å². The molecule has 196 valence electrons. The Morgan fingerprint density at radius 2 is 1.92 bits per heavy atom. The zero-order valence-corrected chi connectivity index (χ0v) is 21.8. The van der Waals surface area contributed by atoms with E-state index in [0.29, 0.717) is 11.4 Å². The number of hydrogen-bond donors (Lipinski definition) is 2. The smallest absolute Gasteiger partial charge is 0.273 e. The number of nitrogens with one attached hydrogen (secondary N) is 2. The van der Waals surface area contributed by atoms with Crippen LogP contribution in [-0.2, 0) is 30.8 Å². The van der Waals surface area contributed by atoms with Gasteiger partial charge in [0.15, 0.2) is 5.69 Å². The van der Waals surface area contributed by atoms with Crippen molar-refractivity contribution in [3.8, 4) is 0 Å². The molecule has 4 rings (SSSR count). The number of alkyl halides is 1. The van der Waals surface area contributed by atoms with Crippen molar-refractivity contribution >= 4 is 33.4 Å². The zero-order chi connectivity index (χ0) is 26.9. The van der Waals surface area contributed by atoms with E-state index in [1.54, 1.807) is 24.4 Å². The second-order valence-corrected chi connectivity index (χ2v) is 9.43. The minimum Gasteiger partial charge on any atom is -0.345 e. The number of halogens is 2. The van der Waals surface area contributed by atoms with Crippen LogP contribution in [-0.4, -0.2) is 42.5 Å². The van der Waals surface area contributed by atoms with Crippen LogP contribution < -0.4 is 16.2 Å². The fourth-order valence-corrected chi connectivity index (χ4v) is 4.00. The Labute approximate surface area is 226 Å². The molecule has 1 atom stereocenters. The summed E-state index contributed by atoms with van der Waals surface area (Å²) in [6.07, 6.45) is 3.43. The average molecular weight is 582 g/mol. The Balaban J connectivity index is 1.23. The van der Waals surface area contributed by atoms with E-state index in [1.165, 1.54) is 27.7 Å². The minimum absolute atomic E-state index is 0.0639. The summed E-state index contributed by atoms with van der Waals surface area (Å²) in [5, 5.41) is 13.1. The van der Waals surface area contributed by atoms with Crippen LogP contribution in [0.5, 0.6) is 0 Å². The summed E-state index contributed by atoms with van der Waals surface area (Å²) >= 11 is 3.35. The van der Waals surface area contributed by atoms with Crippen LogP contribution in [0.3, 0.4) is 0 Å². The Morgan fingerprint density at radius 3 is 2.68 bits per heavy atom. The van der Waals surface area contributed by atoms with E-state index >= 15 is 0 Å². The number of rotatable bonds is 11. The molecule has 0 aliphatic heterocycles. The van der Waals surface area contributed by atoms with Crippen molar-refractivity contribution in [1.82, 2.24) is 29.9 Å². The van der Waals surface area contributed by atoms with Gasteiger partial charge in [0.2, 0.25) is 5.91 Å². The van der Waals surface area contributed by atoms with Gasteiger partial charge in [-0.1, -0.05) is 51.5 Å². The molecule has 4 aromatic rings. The van der Waals surface area contributed by atoms with Crippen LogP contribution in [0.1, 0.15) is 28.2 Å². The molecule has 1 unspecified atom stereocenters. The van der Waals surface area contributed by atoms with Crippen LogP contribution in [0.2, 0.25) is 0 Å². The molecule has 2 amide bonds. The Kier molecular flexibility index (Phi) is 9.09. The van der Waals surface area contributed by atoms with Crippen LogP contribution >= 0.6 is 15.9 Å². The molecule has 0 spiro atoms. The first kappa shape index (κ1) is 26.9. The van der Waals surface area contributed by atoms with E-state index in [4.69, 9.17) is 0 Å². The third kappa shape index (κ3) is 7.90. The van der Waals surface area contributed by atoms with Gasteiger partial charge in [0.25, 0.3) is 11.5 Å². The third-order valence-electron chi connectivity index (χ3n) is 5.53. The van der Waals surface area contributed by atoms with Crippen LogP contribution in [0.15, 0.2) is 82.5 Å². The predicted octanol–water partition coefficient (Wildman–Crippen LogP) is 3.14. The van der Waals surface area contributed by atoms with Gasteiger partial charge in [-0.3, -0.25) is 24.0 Å². The Hall–Kier alpha value is -4.19. The van der Waals surface area contributed by atoms with E-state index in [-0.39, 0.29) is 44.1 Å². The Bertz CT molecular complexity index is 1460. The highest BCUT2D eigenvalue weighted by Crippen LogP contribution is 2.10. The van der Waals surface area contributed by atoms with Gasteiger partial charge in [-0.05, 0) is 30.2 Å². The highest BCUT2D eigenvalue weighted by Gasteiger charge is 2.14. The van der Waals surface area contributed by atoms with Crippen molar-refractivity contribution in [3.05, 3.63) is 105 Å². The maximum Gasteiger partial charge on any atom is 0.273 e. The van der Waals surface area contributed by atoms with Gasteiger partial charge in [-0.15, -0.1) is 5.10 Å². The van der Waals surface area contributed by atoms with Crippen LogP contribution in [0.4, 0.5) is 10.1 Å². The van der Waals surface area contributed by atoms with Gasteiger partial charge < -0.3 is 15.2 Å². The van der Waals surface area contributed by atoms with Gasteiger partial charge in [-0.2, -0.15) is 0 Å².